The Hall–Kier alpha value is -3.00. The number of nitrogens with zero attached hydrogens (tertiary/aromatic N) is 2. The van der Waals surface area contributed by atoms with E-state index in [0.717, 1.165) is 52.9 Å². The lowest BCUT2D eigenvalue weighted by molar-refractivity contribution is -0.147. The van der Waals surface area contributed by atoms with Gasteiger partial charge in [0.15, 0.2) is 6.61 Å². The van der Waals surface area contributed by atoms with Crippen LogP contribution < -0.4 is 10.9 Å². The molecule has 0 saturated heterocycles. The SMILES string of the molecule is Cc1cccc(C)c1NC(=O)COC(=O)CCn1cnc2sc3c(c2c1=O)CCCC3. The highest BCUT2D eigenvalue weighted by Crippen LogP contribution is 2.33. The number of rotatable bonds is 6. The predicted octanol–water partition coefficient (Wildman–Crippen LogP) is 3.53. The largest absolute Gasteiger partial charge is 0.456 e. The number of carbonyl (C=O) groups is 2. The molecule has 162 valence electrons. The van der Waals surface area contributed by atoms with Gasteiger partial charge in [0, 0.05) is 17.1 Å². The second kappa shape index (κ2) is 9.01. The first-order valence-electron chi connectivity index (χ1n) is 10.5. The highest BCUT2D eigenvalue weighted by atomic mass is 32.1. The number of nitrogens with one attached hydrogen (secondary N) is 1. The van der Waals surface area contributed by atoms with E-state index in [-0.39, 0.29) is 25.1 Å². The topological polar surface area (TPSA) is 90.3 Å². The van der Waals surface area contributed by atoms with E-state index in [1.54, 1.807) is 11.3 Å². The van der Waals surface area contributed by atoms with Gasteiger partial charge >= 0.3 is 5.97 Å². The monoisotopic (exact) mass is 439 g/mol. The van der Waals surface area contributed by atoms with Gasteiger partial charge in [-0.05, 0) is 56.2 Å². The molecule has 1 aromatic carbocycles. The number of anilines is 1. The summed E-state index contributed by atoms with van der Waals surface area (Å²) >= 11 is 1.60. The van der Waals surface area contributed by atoms with Gasteiger partial charge in [-0.2, -0.15) is 0 Å². The molecule has 0 unspecified atom stereocenters. The molecule has 0 aliphatic heterocycles. The minimum atomic E-state index is -0.531. The summed E-state index contributed by atoms with van der Waals surface area (Å²) in [5, 5.41) is 3.48. The number of hydrogen-bond acceptors (Lipinski definition) is 6. The summed E-state index contributed by atoms with van der Waals surface area (Å²) in [5.74, 6) is -0.924. The summed E-state index contributed by atoms with van der Waals surface area (Å²) in [6, 6.07) is 5.73. The Morgan fingerprint density at radius 3 is 2.71 bits per heavy atom. The molecule has 2 aromatic heterocycles. The van der Waals surface area contributed by atoms with Crippen LogP contribution >= 0.6 is 11.3 Å². The molecule has 0 spiro atoms. The molecule has 1 aliphatic rings. The minimum absolute atomic E-state index is 0.00388. The molecule has 1 amide bonds. The highest BCUT2D eigenvalue weighted by molar-refractivity contribution is 7.18. The first-order valence-corrected chi connectivity index (χ1v) is 11.3. The first-order chi connectivity index (χ1) is 14.9. The van der Waals surface area contributed by atoms with E-state index >= 15 is 0 Å². The molecule has 1 N–H and O–H groups in total. The van der Waals surface area contributed by atoms with Crippen molar-refractivity contribution in [3.05, 3.63) is 56.4 Å². The molecule has 0 saturated carbocycles. The molecule has 7 nitrogen and oxygen atoms in total. The van der Waals surface area contributed by atoms with Crippen LogP contribution in [0.1, 0.15) is 40.8 Å². The lowest BCUT2D eigenvalue weighted by atomic mass is 9.97. The third-order valence-electron chi connectivity index (χ3n) is 5.61. The number of hydrogen-bond donors (Lipinski definition) is 1. The van der Waals surface area contributed by atoms with E-state index in [4.69, 9.17) is 4.74 Å². The van der Waals surface area contributed by atoms with Gasteiger partial charge in [-0.25, -0.2) is 4.98 Å². The Kier molecular flexibility index (Phi) is 6.18. The maximum atomic E-state index is 12.9. The molecule has 4 rings (SSSR count). The van der Waals surface area contributed by atoms with Gasteiger partial charge in [0.25, 0.3) is 11.5 Å². The molecule has 2 heterocycles. The molecule has 1 aliphatic carbocycles. The zero-order valence-electron chi connectivity index (χ0n) is 17.7. The van der Waals surface area contributed by atoms with Crippen LogP contribution in [-0.2, 0) is 33.7 Å². The fourth-order valence-corrected chi connectivity index (χ4v) is 5.18. The Balaban J connectivity index is 1.35. The van der Waals surface area contributed by atoms with E-state index < -0.39 is 11.9 Å². The van der Waals surface area contributed by atoms with Crippen molar-refractivity contribution in [2.45, 2.75) is 52.5 Å². The molecule has 0 atom stereocenters. The number of esters is 1. The average molecular weight is 440 g/mol. The quantitative estimate of drug-likeness (QED) is 0.594. The van der Waals surface area contributed by atoms with Crippen LogP contribution in [0.3, 0.4) is 0 Å². The lowest BCUT2D eigenvalue weighted by Crippen LogP contribution is -2.25. The van der Waals surface area contributed by atoms with Gasteiger partial charge in [0.2, 0.25) is 0 Å². The summed E-state index contributed by atoms with van der Waals surface area (Å²) in [4.78, 5) is 43.7. The summed E-state index contributed by atoms with van der Waals surface area (Å²) in [6.45, 7) is 3.62. The number of thiophene rings is 1. The van der Waals surface area contributed by atoms with Gasteiger partial charge in [-0.3, -0.25) is 19.0 Å². The van der Waals surface area contributed by atoms with Crippen molar-refractivity contribution in [2.75, 3.05) is 11.9 Å². The second-order valence-corrected chi connectivity index (χ2v) is 8.94. The summed E-state index contributed by atoms with van der Waals surface area (Å²) in [5.41, 5.74) is 3.64. The van der Waals surface area contributed by atoms with Gasteiger partial charge in [-0.1, -0.05) is 18.2 Å². The number of ether oxygens (including phenoxy) is 1. The van der Waals surface area contributed by atoms with Crippen molar-refractivity contribution >= 4 is 39.1 Å². The van der Waals surface area contributed by atoms with Crippen LogP contribution in [0.15, 0.2) is 29.3 Å². The van der Waals surface area contributed by atoms with Crippen molar-refractivity contribution < 1.29 is 14.3 Å². The smallest absolute Gasteiger partial charge is 0.308 e. The number of aryl methyl sites for hydroxylation is 5. The molecule has 8 heteroatoms. The molecule has 0 fully saturated rings. The number of para-hydroxylation sites is 1. The summed E-state index contributed by atoms with van der Waals surface area (Å²) < 4.78 is 6.56. The summed E-state index contributed by atoms with van der Waals surface area (Å²) in [7, 11) is 0. The predicted molar refractivity (Wildman–Crippen MR) is 121 cm³/mol. The molecular formula is C23H25N3O4S. The van der Waals surface area contributed by atoms with E-state index in [9.17, 15) is 14.4 Å². The maximum Gasteiger partial charge on any atom is 0.308 e. The van der Waals surface area contributed by atoms with Gasteiger partial charge < -0.3 is 10.1 Å². The van der Waals surface area contributed by atoms with Crippen LogP contribution in [0.5, 0.6) is 0 Å². The zero-order chi connectivity index (χ0) is 22.0. The van der Waals surface area contributed by atoms with Crippen molar-refractivity contribution in [3.8, 4) is 0 Å². The Morgan fingerprint density at radius 2 is 1.94 bits per heavy atom. The fraction of sp³-hybridized carbons (Fsp3) is 0.391. The van der Waals surface area contributed by atoms with Gasteiger partial charge in [-0.15, -0.1) is 11.3 Å². The molecule has 0 bridgehead atoms. The van der Waals surface area contributed by atoms with Crippen LogP contribution in [0.4, 0.5) is 5.69 Å². The third-order valence-corrected chi connectivity index (χ3v) is 6.81. The Bertz CT molecular complexity index is 1190. The van der Waals surface area contributed by atoms with E-state index in [0.29, 0.717) is 5.39 Å². The van der Waals surface area contributed by atoms with E-state index in [1.807, 2.05) is 32.0 Å². The van der Waals surface area contributed by atoms with Gasteiger partial charge in [0.1, 0.15) is 4.83 Å². The van der Waals surface area contributed by atoms with Crippen LogP contribution in [0.2, 0.25) is 0 Å². The fourth-order valence-electron chi connectivity index (χ4n) is 3.96. The van der Waals surface area contributed by atoms with Crippen molar-refractivity contribution in [1.29, 1.82) is 0 Å². The van der Waals surface area contributed by atoms with Crippen LogP contribution in [-0.4, -0.2) is 28.0 Å². The number of fused-ring (bicyclic) bond motifs is 3. The summed E-state index contributed by atoms with van der Waals surface area (Å²) in [6.07, 6.45) is 5.64. The van der Waals surface area contributed by atoms with Crippen LogP contribution in [0, 0.1) is 13.8 Å². The average Bonchev–Trinajstić information content (AvgIpc) is 3.14. The van der Waals surface area contributed by atoms with Crippen LogP contribution in [0.25, 0.3) is 10.2 Å². The molecule has 31 heavy (non-hydrogen) atoms. The van der Waals surface area contributed by atoms with Crippen molar-refractivity contribution in [1.82, 2.24) is 9.55 Å². The number of carbonyl (C=O) groups excluding carboxylic acids is 2. The standard InChI is InChI=1S/C23H25N3O4S/c1-14-6-5-7-15(2)21(14)25-18(27)12-30-19(28)10-11-26-13-24-22-20(23(26)29)16-8-3-4-9-17(16)31-22/h5-7,13H,3-4,8-12H2,1-2H3,(H,25,27). The Morgan fingerprint density at radius 1 is 1.19 bits per heavy atom. The van der Waals surface area contributed by atoms with Crippen molar-refractivity contribution in [3.63, 3.8) is 0 Å². The third kappa shape index (κ3) is 4.54. The molecule has 0 radical (unpaired) electrons. The van der Waals surface area contributed by atoms with Gasteiger partial charge in [0.05, 0.1) is 18.1 Å². The minimum Gasteiger partial charge on any atom is -0.456 e. The number of amides is 1. The van der Waals surface area contributed by atoms with E-state index in [2.05, 4.69) is 10.3 Å². The second-order valence-electron chi connectivity index (χ2n) is 7.86. The number of benzene rings is 1. The zero-order valence-corrected chi connectivity index (χ0v) is 18.5. The number of aromatic nitrogens is 2. The highest BCUT2D eigenvalue weighted by Gasteiger charge is 2.20. The van der Waals surface area contributed by atoms with Crippen molar-refractivity contribution in [2.24, 2.45) is 0 Å². The molecule has 3 aromatic rings. The lowest BCUT2D eigenvalue weighted by Gasteiger charge is -2.12. The van der Waals surface area contributed by atoms with E-state index in [1.165, 1.54) is 15.8 Å². The Labute approximate surface area is 184 Å². The maximum absolute atomic E-state index is 12.9. The molecular weight excluding hydrogens is 414 g/mol. The first kappa shape index (κ1) is 21.2. The normalized spacial score (nSPS) is 13.1.